The van der Waals surface area contributed by atoms with Gasteiger partial charge < -0.3 is 99.5 Å². The minimum absolute atomic E-state index is 0.000680. The summed E-state index contributed by atoms with van der Waals surface area (Å²) >= 11 is 0. The highest BCUT2D eigenvalue weighted by atomic mass is 16.8. The highest BCUT2D eigenvalue weighted by molar-refractivity contribution is 5.71. The molecule has 4 aliphatic heterocycles. The van der Waals surface area contributed by atoms with E-state index in [1.165, 1.54) is 38.5 Å². The summed E-state index contributed by atoms with van der Waals surface area (Å²) in [5, 5.41) is 0. The van der Waals surface area contributed by atoms with Crippen LogP contribution in [0.5, 0.6) is 0 Å². The van der Waals surface area contributed by atoms with Crippen LogP contribution >= 0.6 is 0 Å². The van der Waals surface area contributed by atoms with Gasteiger partial charge in [-0.3, -0.25) is 62.3 Å². The van der Waals surface area contributed by atoms with E-state index in [2.05, 4.69) is 34.6 Å². The molecule has 0 aromatic rings. The third-order valence-electron chi connectivity index (χ3n) is 22.9. The van der Waals surface area contributed by atoms with Gasteiger partial charge in [0.25, 0.3) is 0 Å². The Labute approximate surface area is 646 Å². The molecule has 0 amide bonds. The van der Waals surface area contributed by atoms with Crippen molar-refractivity contribution in [3.63, 3.8) is 0 Å². The van der Waals surface area contributed by atoms with Crippen molar-refractivity contribution < 1.29 is 162 Å². The van der Waals surface area contributed by atoms with Crippen LogP contribution < -0.4 is 0 Å². The van der Waals surface area contributed by atoms with Crippen LogP contribution in [0.25, 0.3) is 0 Å². The smallest absolute Gasteiger partial charge is 0.303 e. The standard InChI is InChI=1S/C77H114O34/c1-35(2)20-19-21-36(3)53-24-25-54-52-23-22-50-30-51(26-28-76(50,17)55(52)27-29-77(53,54)18)104-72-68(100-46(13)87)65(97-43(10)84)61(57(105-72)32-92-38(5)79)109-74-70(102-48(15)89)67(99-45(12)86)63(59(107-74)34-94-40(7)81)111-75-71(103-49(16)90)66(98-44(11)85)62(58(108-75)33-93-39(6)80)110-73-69(101-47(14)88)64(96-42(9)83)60(95-41(8)82)56(106-73)31-91-37(4)78/h35-36,50-75H,19-34H2,1-18H3/t36-,50+,51+,52+,53-,54+,55+,56-,57-,58-,59-,60-,61-,62-,63-,64+,65+,66+,67+,68-,69-,70-,71-,72-,73-,74-,75-,76+,77-/m1/s1. The normalized spacial score (nSPS) is 37.3. The SMILES string of the molecule is CC(=O)OC[C@H]1O[C@H](O[C@H]2[C@H](OC(C)=O)[C@@H](OC(C)=O)[C@@H](O[C@H]3[C@H](OC(C)=O)[C@@H](OC(C)=O)[C@@H](O[C@H]4[C@H](OC(C)=O)[C@@H](OC(C)=O)[C@H](O[C@H]5CC[C@@]6(C)[C@@H](CC[C@@H]7[C@@H]6CC[C@]6(C)[C@@H]([C@H](C)CCCC(C)C)CC[C@@H]76)C5)O[C@@H]4COC(C)=O)O[C@@H]3COC(C)=O)O[C@@H]2COC(C)=O)[C@H](OC(C)=O)[C@@H](OC(C)=O)[C@@H]1OC(C)=O. The van der Waals surface area contributed by atoms with Gasteiger partial charge in [0.1, 0.15) is 69.2 Å². The summed E-state index contributed by atoms with van der Waals surface area (Å²) in [6.45, 7) is 21.9. The van der Waals surface area contributed by atoms with Gasteiger partial charge in [-0.1, -0.05) is 53.9 Å². The average Bonchev–Trinajstić information content (AvgIpc) is 1.67. The van der Waals surface area contributed by atoms with Crippen LogP contribution in [0.2, 0.25) is 0 Å². The van der Waals surface area contributed by atoms with E-state index in [-0.39, 0.29) is 16.7 Å². The maximum absolute atomic E-state index is 13.7. The fourth-order valence-electron chi connectivity index (χ4n) is 18.7. The van der Waals surface area contributed by atoms with Gasteiger partial charge in [0.05, 0.1) is 6.10 Å². The van der Waals surface area contributed by atoms with Crippen molar-refractivity contribution in [3.8, 4) is 0 Å². The van der Waals surface area contributed by atoms with Crippen molar-refractivity contribution in [2.24, 2.45) is 52.3 Å². The molecule has 0 bridgehead atoms. The van der Waals surface area contributed by atoms with E-state index in [1.54, 1.807) is 0 Å². The fraction of sp³-hybridized carbons (Fsp3) is 0.831. The molecule has 8 rings (SSSR count). The Kier molecular flexibility index (Phi) is 31.6. The molecule has 4 saturated carbocycles. The molecule has 0 N–H and O–H groups in total. The summed E-state index contributed by atoms with van der Waals surface area (Å²) in [6, 6.07) is 0. The van der Waals surface area contributed by atoms with E-state index in [1.807, 2.05) is 0 Å². The maximum Gasteiger partial charge on any atom is 0.303 e. The quantitative estimate of drug-likeness (QED) is 0.0439. The van der Waals surface area contributed by atoms with E-state index in [4.69, 9.17) is 99.5 Å². The molecule has 0 unspecified atom stereocenters. The van der Waals surface area contributed by atoms with Crippen LogP contribution in [0.15, 0.2) is 0 Å². The minimum Gasteiger partial charge on any atom is -0.463 e. The summed E-state index contributed by atoms with van der Waals surface area (Å²) in [4.78, 5) is 171. The molecule has 34 heteroatoms. The van der Waals surface area contributed by atoms with Crippen LogP contribution in [0, 0.1) is 52.3 Å². The second kappa shape index (κ2) is 39.2. The zero-order valence-corrected chi connectivity index (χ0v) is 66.9. The Morgan fingerprint density at radius 1 is 0.324 bits per heavy atom. The van der Waals surface area contributed by atoms with Gasteiger partial charge in [0.15, 0.2) is 80.1 Å². The lowest BCUT2D eigenvalue weighted by molar-refractivity contribution is -0.390. The molecule has 0 spiro atoms. The van der Waals surface area contributed by atoms with Crippen molar-refractivity contribution in [3.05, 3.63) is 0 Å². The lowest BCUT2D eigenvalue weighted by atomic mass is 9.44. The molecule has 29 atom stereocenters. The Morgan fingerprint density at radius 3 is 0.973 bits per heavy atom. The third-order valence-corrected chi connectivity index (χ3v) is 22.9. The number of fused-ring (bicyclic) bond motifs is 5. The number of rotatable bonds is 30. The molecule has 4 saturated heterocycles. The van der Waals surface area contributed by atoms with Gasteiger partial charge in [0, 0.05) is 90.0 Å². The lowest BCUT2D eigenvalue weighted by Gasteiger charge is -2.61. The molecule has 8 fully saturated rings. The Bertz CT molecular complexity index is 3300. The van der Waals surface area contributed by atoms with Crippen molar-refractivity contribution in [2.45, 2.75) is 331 Å². The predicted molar refractivity (Wildman–Crippen MR) is 374 cm³/mol. The number of hydrogen-bond donors (Lipinski definition) is 0. The molecule has 4 aliphatic carbocycles. The molecule has 0 aromatic heterocycles. The molecule has 4 heterocycles. The van der Waals surface area contributed by atoms with Crippen LogP contribution in [0.3, 0.4) is 0 Å². The largest absolute Gasteiger partial charge is 0.463 e. The first-order chi connectivity index (χ1) is 52.2. The summed E-state index contributed by atoms with van der Waals surface area (Å²) in [5.74, 6) is -8.86. The predicted octanol–water partition coefficient (Wildman–Crippen LogP) is 6.19. The molecule has 0 aromatic carbocycles. The second-order valence-corrected chi connectivity index (χ2v) is 31.6. The van der Waals surface area contributed by atoms with Gasteiger partial charge in [-0.15, -0.1) is 0 Å². The summed E-state index contributed by atoms with van der Waals surface area (Å²) < 4.78 is 127. The van der Waals surface area contributed by atoms with Gasteiger partial charge in [0.2, 0.25) is 0 Å². The molecule has 626 valence electrons. The Hall–Kier alpha value is -7.21. The number of esters is 13. The Morgan fingerprint density at radius 2 is 0.631 bits per heavy atom. The summed E-state index contributed by atoms with van der Waals surface area (Å²) in [6.07, 6.45) is -25.6. The van der Waals surface area contributed by atoms with Gasteiger partial charge in [-0.25, -0.2) is 0 Å². The first-order valence-electron chi connectivity index (χ1n) is 38.5. The first-order valence-corrected chi connectivity index (χ1v) is 38.5. The van der Waals surface area contributed by atoms with Crippen LogP contribution in [0.4, 0.5) is 0 Å². The summed E-state index contributed by atoms with van der Waals surface area (Å²) in [5.41, 5.74) is 0.290. The number of hydrogen-bond acceptors (Lipinski definition) is 34. The third kappa shape index (κ3) is 23.1. The van der Waals surface area contributed by atoms with E-state index >= 15 is 0 Å². The molecular weight excluding hydrogens is 1470 g/mol. The molecule has 0 radical (unpaired) electrons. The Balaban J connectivity index is 1.14. The molecule has 34 nitrogen and oxygen atoms in total. The first kappa shape index (κ1) is 89.3. The van der Waals surface area contributed by atoms with Crippen LogP contribution in [-0.4, -0.2) is 233 Å². The van der Waals surface area contributed by atoms with Crippen molar-refractivity contribution in [1.29, 1.82) is 0 Å². The number of ether oxygens (including phenoxy) is 21. The topological polar surface area (TPSA) is 416 Å². The maximum atomic E-state index is 13.7. The van der Waals surface area contributed by atoms with Crippen LogP contribution in [-0.2, 0) is 162 Å². The average molecular weight is 1580 g/mol. The lowest BCUT2D eigenvalue weighted by Crippen LogP contribution is -2.69. The molecular formula is C77H114O34. The molecule has 111 heavy (non-hydrogen) atoms. The van der Waals surface area contributed by atoms with E-state index in [0.717, 1.165) is 116 Å². The number of carbonyl (C=O) groups excluding carboxylic acids is 13. The van der Waals surface area contributed by atoms with Crippen LogP contribution in [0.1, 0.15) is 202 Å². The van der Waals surface area contributed by atoms with Crippen molar-refractivity contribution >= 4 is 77.6 Å². The summed E-state index contributed by atoms with van der Waals surface area (Å²) in [7, 11) is 0. The fourth-order valence-corrected chi connectivity index (χ4v) is 18.7. The van der Waals surface area contributed by atoms with Gasteiger partial charge >= 0.3 is 77.6 Å². The van der Waals surface area contributed by atoms with Gasteiger partial charge in [-0.05, 0) is 110 Å². The van der Waals surface area contributed by atoms with Crippen molar-refractivity contribution in [1.82, 2.24) is 0 Å². The second-order valence-electron chi connectivity index (χ2n) is 31.6. The highest BCUT2D eigenvalue weighted by Gasteiger charge is 2.65. The molecule has 8 aliphatic rings. The van der Waals surface area contributed by atoms with E-state index in [0.29, 0.717) is 48.3 Å². The van der Waals surface area contributed by atoms with E-state index < -0.39 is 233 Å². The zero-order valence-electron chi connectivity index (χ0n) is 66.9. The van der Waals surface area contributed by atoms with Crippen molar-refractivity contribution in [2.75, 3.05) is 26.4 Å². The minimum atomic E-state index is -2.21. The monoisotopic (exact) mass is 1580 g/mol. The van der Waals surface area contributed by atoms with Gasteiger partial charge in [-0.2, -0.15) is 0 Å². The van der Waals surface area contributed by atoms with E-state index in [9.17, 15) is 62.3 Å². The number of carbonyl (C=O) groups is 13. The zero-order chi connectivity index (χ0) is 81.8. The highest BCUT2D eigenvalue weighted by Crippen LogP contribution is 2.69.